The molecule has 0 unspecified atom stereocenters. The fourth-order valence-electron chi connectivity index (χ4n) is 1.64. The Morgan fingerprint density at radius 1 is 1.19 bits per heavy atom. The molecule has 0 amide bonds. The van der Waals surface area contributed by atoms with Gasteiger partial charge >= 0.3 is 5.97 Å². The van der Waals surface area contributed by atoms with Crippen molar-refractivity contribution in [2.75, 3.05) is 7.11 Å². The first-order valence-corrected chi connectivity index (χ1v) is 6.66. The Hall–Kier alpha value is -2.54. The van der Waals surface area contributed by atoms with E-state index in [9.17, 15) is 14.9 Å². The monoisotopic (exact) mass is 305 g/mol. The fraction of sp³-hybridized carbons (Fsp3) is 0.0714. The molecule has 2 aromatic rings. The number of non-ortho nitro benzene ring substituents is 1. The first-order valence-electron chi connectivity index (χ1n) is 5.84. The van der Waals surface area contributed by atoms with Crippen LogP contribution in [0.5, 0.6) is 5.75 Å². The predicted molar refractivity (Wildman–Crippen MR) is 77.2 cm³/mol. The molecule has 0 spiro atoms. The van der Waals surface area contributed by atoms with Crippen LogP contribution < -0.4 is 4.74 Å². The van der Waals surface area contributed by atoms with Crippen LogP contribution >= 0.6 is 11.8 Å². The lowest BCUT2D eigenvalue weighted by Gasteiger charge is -2.05. The Balaban J connectivity index is 2.28. The lowest BCUT2D eigenvalue weighted by atomic mass is 10.2. The molecule has 2 aromatic carbocycles. The SMILES string of the molecule is COc1cc(Sc2ccc(C(=O)O)cc2)cc([N+](=O)[O-])c1. The molecule has 0 radical (unpaired) electrons. The van der Waals surface area contributed by atoms with Crippen molar-refractivity contribution in [3.8, 4) is 5.75 Å². The minimum Gasteiger partial charge on any atom is -0.496 e. The lowest BCUT2D eigenvalue weighted by molar-refractivity contribution is -0.385. The first-order chi connectivity index (χ1) is 9.99. The van der Waals surface area contributed by atoms with Gasteiger partial charge < -0.3 is 9.84 Å². The molecule has 0 fully saturated rings. The maximum atomic E-state index is 10.9. The number of nitro benzene ring substituents is 1. The highest BCUT2D eigenvalue weighted by atomic mass is 32.2. The van der Waals surface area contributed by atoms with Gasteiger partial charge in [0.1, 0.15) is 5.75 Å². The fourth-order valence-corrected chi connectivity index (χ4v) is 2.54. The number of carbonyl (C=O) groups is 1. The Morgan fingerprint density at radius 2 is 1.86 bits per heavy atom. The summed E-state index contributed by atoms with van der Waals surface area (Å²) in [5.41, 5.74) is 0.134. The van der Waals surface area contributed by atoms with Gasteiger partial charge in [0.15, 0.2) is 0 Å². The number of ether oxygens (including phenoxy) is 1. The molecule has 7 heteroatoms. The lowest BCUT2D eigenvalue weighted by Crippen LogP contribution is -1.94. The van der Waals surface area contributed by atoms with Crippen LogP contribution in [0.1, 0.15) is 10.4 Å². The minimum absolute atomic E-state index is 0.0565. The molecule has 21 heavy (non-hydrogen) atoms. The van der Waals surface area contributed by atoms with Crippen LogP contribution in [0.4, 0.5) is 5.69 Å². The number of methoxy groups -OCH3 is 1. The quantitative estimate of drug-likeness (QED) is 0.672. The molecule has 0 atom stereocenters. The second-order valence-corrected chi connectivity index (χ2v) is 5.20. The van der Waals surface area contributed by atoms with Crippen LogP contribution in [-0.4, -0.2) is 23.1 Å². The Bertz CT molecular complexity index is 684. The summed E-state index contributed by atoms with van der Waals surface area (Å²) in [4.78, 5) is 22.6. The molecule has 0 aliphatic heterocycles. The van der Waals surface area contributed by atoms with E-state index in [4.69, 9.17) is 9.84 Å². The van der Waals surface area contributed by atoms with Gasteiger partial charge in [-0.25, -0.2) is 4.79 Å². The molecule has 6 nitrogen and oxygen atoms in total. The van der Waals surface area contributed by atoms with E-state index in [-0.39, 0.29) is 11.3 Å². The maximum absolute atomic E-state index is 10.9. The van der Waals surface area contributed by atoms with Crippen molar-refractivity contribution >= 4 is 23.4 Å². The molecule has 0 saturated carbocycles. The van der Waals surface area contributed by atoms with Crippen LogP contribution in [0, 0.1) is 10.1 Å². The third kappa shape index (κ3) is 3.73. The zero-order valence-corrected chi connectivity index (χ0v) is 11.8. The topological polar surface area (TPSA) is 89.7 Å². The second-order valence-electron chi connectivity index (χ2n) is 4.06. The van der Waals surface area contributed by atoms with Gasteiger partial charge in [-0.3, -0.25) is 10.1 Å². The number of carboxylic acids is 1. The minimum atomic E-state index is -0.997. The van der Waals surface area contributed by atoms with Crippen LogP contribution in [0.3, 0.4) is 0 Å². The number of nitro groups is 1. The summed E-state index contributed by atoms with van der Waals surface area (Å²) in [6.07, 6.45) is 0. The molecule has 0 saturated heterocycles. The summed E-state index contributed by atoms with van der Waals surface area (Å²) in [6, 6.07) is 10.7. The average Bonchev–Trinajstić information content (AvgIpc) is 2.47. The number of hydrogen-bond donors (Lipinski definition) is 1. The number of hydrogen-bond acceptors (Lipinski definition) is 5. The largest absolute Gasteiger partial charge is 0.496 e. The number of nitrogens with zero attached hydrogens (tertiary/aromatic N) is 1. The summed E-state index contributed by atoms with van der Waals surface area (Å²) in [5.74, 6) is -0.600. The van der Waals surface area contributed by atoms with Crippen LogP contribution in [-0.2, 0) is 0 Å². The third-order valence-corrected chi connectivity index (χ3v) is 3.63. The highest BCUT2D eigenvalue weighted by Gasteiger charge is 2.11. The van der Waals surface area contributed by atoms with Crippen molar-refractivity contribution in [1.82, 2.24) is 0 Å². The van der Waals surface area contributed by atoms with Crippen LogP contribution in [0.15, 0.2) is 52.3 Å². The highest BCUT2D eigenvalue weighted by Crippen LogP contribution is 2.33. The van der Waals surface area contributed by atoms with Crippen LogP contribution in [0.2, 0.25) is 0 Å². The third-order valence-electron chi connectivity index (χ3n) is 2.65. The van der Waals surface area contributed by atoms with Gasteiger partial charge in [0.05, 0.1) is 23.7 Å². The zero-order chi connectivity index (χ0) is 15.4. The summed E-state index contributed by atoms with van der Waals surface area (Å²) < 4.78 is 5.04. The number of rotatable bonds is 5. The van der Waals surface area contributed by atoms with E-state index in [0.29, 0.717) is 10.6 Å². The standard InChI is InChI=1S/C14H11NO5S/c1-20-11-6-10(15(18)19)7-13(8-11)21-12-4-2-9(3-5-12)14(16)17/h2-8H,1H3,(H,16,17). The molecule has 0 heterocycles. The van der Waals surface area contributed by atoms with Gasteiger partial charge in [0, 0.05) is 15.9 Å². The van der Waals surface area contributed by atoms with E-state index >= 15 is 0 Å². The molecule has 1 N–H and O–H groups in total. The van der Waals surface area contributed by atoms with Crippen molar-refractivity contribution in [3.63, 3.8) is 0 Å². The predicted octanol–water partition coefficient (Wildman–Crippen LogP) is 3.45. The summed E-state index contributed by atoms with van der Waals surface area (Å²) in [6.45, 7) is 0. The van der Waals surface area contributed by atoms with E-state index in [1.807, 2.05) is 0 Å². The van der Waals surface area contributed by atoms with Gasteiger partial charge in [-0.15, -0.1) is 0 Å². The van der Waals surface area contributed by atoms with Crippen molar-refractivity contribution in [1.29, 1.82) is 0 Å². The average molecular weight is 305 g/mol. The van der Waals surface area contributed by atoms with Gasteiger partial charge in [0.2, 0.25) is 0 Å². The molecule has 108 valence electrons. The Kier molecular flexibility index (Phi) is 4.44. The number of benzene rings is 2. The molecule has 0 bridgehead atoms. The van der Waals surface area contributed by atoms with Gasteiger partial charge in [0.25, 0.3) is 5.69 Å². The van der Waals surface area contributed by atoms with Gasteiger partial charge in [-0.1, -0.05) is 11.8 Å². The Morgan fingerprint density at radius 3 is 2.38 bits per heavy atom. The summed E-state index contributed by atoms with van der Waals surface area (Å²) >= 11 is 1.29. The normalized spacial score (nSPS) is 10.1. The molecular weight excluding hydrogens is 294 g/mol. The van der Waals surface area contributed by atoms with E-state index in [1.165, 1.54) is 43.1 Å². The molecule has 2 rings (SSSR count). The molecular formula is C14H11NO5S. The van der Waals surface area contributed by atoms with Gasteiger partial charge in [-0.2, -0.15) is 0 Å². The highest BCUT2D eigenvalue weighted by molar-refractivity contribution is 7.99. The van der Waals surface area contributed by atoms with E-state index in [1.54, 1.807) is 18.2 Å². The molecule has 0 aromatic heterocycles. The molecule has 0 aliphatic rings. The van der Waals surface area contributed by atoms with E-state index in [0.717, 1.165) is 4.90 Å². The second kappa shape index (κ2) is 6.27. The Labute approximate surface area is 124 Å². The van der Waals surface area contributed by atoms with E-state index < -0.39 is 10.9 Å². The molecule has 0 aliphatic carbocycles. The van der Waals surface area contributed by atoms with Crippen molar-refractivity contribution in [3.05, 3.63) is 58.1 Å². The number of aromatic carboxylic acids is 1. The van der Waals surface area contributed by atoms with Crippen molar-refractivity contribution < 1.29 is 19.6 Å². The summed E-state index contributed by atoms with van der Waals surface area (Å²) in [5, 5.41) is 19.7. The number of carboxylic acid groups (broad SMARTS) is 1. The van der Waals surface area contributed by atoms with Crippen molar-refractivity contribution in [2.45, 2.75) is 9.79 Å². The first kappa shape index (κ1) is 14.9. The van der Waals surface area contributed by atoms with Crippen LogP contribution in [0.25, 0.3) is 0 Å². The van der Waals surface area contributed by atoms with E-state index in [2.05, 4.69) is 0 Å². The maximum Gasteiger partial charge on any atom is 0.335 e. The van der Waals surface area contributed by atoms with Gasteiger partial charge in [-0.05, 0) is 30.3 Å². The summed E-state index contributed by atoms with van der Waals surface area (Å²) in [7, 11) is 1.44. The zero-order valence-electron chi connectivity index (χ0n) is 11.0. The smallest absolute Gasteiger partial charge is 0.335 e. The van der Waals surface area contributed by atoms with Crippen molar-refractivity contribution in [2.24, 2.45) is 0 Å².